The maximum absolute atomic E-state index is 6.22. The van der Waals surface area contributed by atoms with E-state index in [1.165, 1.54) is 59.8 Å². The summed E-state index contributed by atoms with van der Waals surface area (Å²) in [7, 11) is 0. The molecule has 2 nitrogen and oxygen atoms in total. The first-order chi connectivity index (χ1) is 26.8. The van der Waals surface area contributed by atoms with Gasteiger partial charge in [-0.25, -0.2) is 0 Å². The lowest BCUT2D eigenvalue weighted by atomic mass is 9.92. The smallest absolute Gasteiger partial charge is 0.136 e. The number of hydrogen-bond donors (Lipinski definition) is 0. The molecule has 11 rings (SSSR count). The third-order valence-electron chi connectivity index (χ3n) is 11.1. The predicted octanol–water partition coefficient (Wildman–Crippen LogP) is 15.0. The number of rotatable bonds is 5. The summed E-state index contributed by atoms with van der Waals surface area (Å²) in [6, 6.07) is 72.3. The highest BCUT2D eigenvalue weighted by Crippen LogP contribution is 2.42. The maximum Gasteiger partial charge on any atom is 0.136 e. The molecule has 54 heavy (non-hydrogen) atoms. The van der Waals surface area contributed by atoms with E-state index in [9.17, 15) is 0 Å². The number of benzene rings is 10. The number of anilines is 3. The molecule has 0 atom stereocenters. The van der Waals surface area contributed by atoms with E-state index in [1.807, 2.05) is 12.1 Å². The van der Waals surface area contributed by atoms with Crippen molar-refractivity contribution in [2.45, 2.75) is 0 Å². The molecule has 0 saturated heterocycles. The van der Waals surface area contributed by atoms with Gasteiger partial charge in [-0.05, 0) is 114 Å². The fraction of sp³-hybridized carbons (Fsp3) is 0. The first-order valence-corrected chi connectivity index (χ1v) is 18.5. The second-order valence-corrected chi connectivity index (χ2v) is 14.1. The van der Waals surface area contributed by atoms with Crippen LogP contribution in [0.15, 0.2) is 205 Å². The monoisotopic (exact) mass is 687 g/mol. The topological polar surface area (TPSA) is 16.4 Å². The molecule has 0 aliphatic heterocycles. The van der Waals surface area contributed by atoms with Crippen LogP contribution in [0.3, 0.4) is 0 Å². The first kappa shape index (κ1) is 30.5. The Morgan fingerprint density at radius 2 is 0.815 bits per heavy atom. The van der Waals surface area contributed by atoms with Gasteiger partial charge in [0.25, 0.3) is 0 Å². The molecule has 0 spiro atoms. The summed E-state index contributed by atoms with van der Waals surface area (Å²) in [5, 5.41) is 12.4. The van der Waals surface area contributed by atoms with Crippen molar-refractivity contribution in [2.75, 3.05) is 4.90 Å². The van der Waals surface area contributed by atoms with Crippen molar-refractivity contribution in [2.24, 2.45) is 0 Å². The summed E-state index contributed by atoms with van der Waals surface area (Å²) < 4.78 is 6.22. The Kier molecular flexibility index (Phi) is 6.90. The van der Waals surface area contributed by atoms with E-state index in [-0.39, 0.29) is 0 Å². The van der Waals surface area contributed by atoms with Crippen LogP contribution in [-0.4, -0.2) is 0 Å². The van der Waals surface area contributed by atoms with Gasteiger partial charge in [-0.1, -0.05) is 152 Å². The van der Waals surface area contributed by atoms with Crippen LogP contribution in [0.4, 0.5) is 17.1 Å². The molecule has 0 unspecified atom stereocenters. The Hall–Kier alpha value is -7.16. The summed E-state index contributed by atoms with van der Waals surface area (Å²) in [6.07, 6.45) is 0. The first-order valence-electron chi connectivity index (χ1n) is 18.5. The van der Waals surface area contributed by atoms with Gasteiger partial charge in [0.15, 0.2) is 0 Å². The van der Waals surface area contributed by atoms with Crippen molar-refractivity contribution >= 4 is 82.1 Å². The van der Waals surface area contributed by atoms with Crippen molar-refractivity contribution < 1.29 is 4.42 Å². The molecule has 0 amide bonds. The molecule has 10 aromatic carbocycles. The Balaban J connectivity index is 1.01. The zero-order valence-corrected chi connectivity index (χ0v) is 29.4. The zero-order valence-electron chi connectivity index (χ0n) is 29.4. The second-order valence-electron chi connectivity index (χ2n) is 14.1. The van der Waals surface area contributed by atoms with E-state index in [0.29, 0.717) is 0 Å². The van der Waals surface area contributed by atoms with Gasteiger partial charge in [0.1, 0.15) is 11.2 Å². The Morgan fingerprint density at radius 3 is 1.63 bits per heavy atom. The van der Waals surface area contributed by atoms with Crippen molar-refractivity contribution in [1.29, 1.82) is 0 Å². The third kappa shape index (κ3) is 4.88. The van der Waals surface area contributed by atoms with Crippen LogP contribution >= 0.6 is 0 Å². The van der Waals surface area contributed by atoms with Crippen LogP contribution in [0.5, 0.6) is 0 Å². The van der Waals surface area contributed by atoms with Crippen LogP contribution in [0, 0.1) is 0 Å². The van der Waals surface area contributed by atoms with Crippen molar-refractivity contribution in [3.8, 4) is 22.3 Å². The molecule has 1 heterocycles. The van der Waals surface area contributed by atoms with Crippen LogP contribution in [0.2, 0.25) is 0 Å². The molecule has 0 aliphatic carbocycles. The summed E-state index contributed by atoms with van der Waals surface area (Å²) in [5.41, 5.74) is 9.87. The van der Waals surface area contributed by atoms with E-state index in [2.05, 4.69) is 193 Å². The van der Waals surface area contributed by atoms with Gasteiger partial charge in [-0.2, -0.15) is 0 Å². The van der Waals surface area contributed by atoms with Crippen molar-refractivity contribution in [1.82, 2.24) is 0 Å². The zero-order chi connectivity index (χ0) is 35.6. The standard InChI is InChI=1S/C52H33NO/c1-2-11-38-33-41(29-19-34(38)9-1)53(40-27-22-37(23-28-40)44-15-8-18-51-52(44)49-13-5-6-17-50(49)54-51)39-25-20-36(21-26-39)43-14-7-16-45-46(43)31-32-47-42-12-4-3-10-35(42)24-30-48(45)47/h1-33H. The molecule has 0 bridgehead atoms. The highest BCUT2D eigenvalue weighted by Gasteiger charge is 2.17. The second kappa shape index (κ2) is 12.2. The van der Waals surface area contributed by atoms with Gasteiger partial charge < -0.3 is 9.32 Å². The molecule has 1 aromatic heterocycles. The number of para-hydroxylation sites is 1. The maximum atomic E-state index is 6.22. The molecule has 0 aliphatic rings. The number of nitrogens with zero attached hydrogens (tertiary/aromatic N) is 1. The average Bonchev–Trinajstić information content (AvgIpc) is 3.63. The summed E-state index contributed by atoms with van der Waals surface area (Å²) in [5.74, 6) is 0. The fourth-order valence-electron chi connectivity index (χ4n) is 8.47. The number of furan rings is 1. The van der Waals surface area contributed by atoms with Gasteiger partial charge in [0.05, 0.1) is 0 Å². The lowest BCUT2D eigenvalue weighted by Gasteiger charge is -2.26. The van der Waals surface area contributed by atoms with E-state index in [4.69, 9.17) is 4.42 Å². The number of hydrogen-bond acceptors (Lipinski definition) is 2. The van der Waals surface area contributed by atoms with E-state index < -0.39 is 0 Å². The highest BCUT2D eigenvalue weighted by molar-refractivity contribution is 6.19. The van der Waals surface area contributed by atoms with Gasteiger partial charge in [-0.15, -0.1) is 0 Å². The minimum absolute atomic E-state index is 0.906. The molecule has 252 valence electrons. The summed E-state index contributed by atoms with van der Waals surface area (Å²) >= 11 is 0. The SMILES string of the molecule is c1ccc2cc(N(c3ccc(-c4cccc5c4ccc4c6ccccc6ccc54)cc3)c3ccc(-c4cccc5oc6ccccc6c45)cc3)ccc2c1. The highest BCUT2D eigenvalue weighted by atomic mass is 16.3. The molecular formula is C52H33NO. The van der Waals surface area contributed by atoms with Crippen LogP contribution < -0.4 is 4.90 Å². The quantitative estimate of drug-likeness (QED) is 0.168. The van der Waals surface area contributed by atoms with Gasteiger partial charge in [0, 0.05) is 27.8 Å². The van der Waals surface area contributed by atoms with Gasteiger partial charge in [-0.3, -0.25) is 0 Å². The minimum atomic E-state index is 0.906. The molecule has 0 radical (unpaired) electrons. The Labute approximate surface area is 312 Å². The van der Waals surface area contributed by atoms with Gasteiger partial charge in [0.2, 0.25) is 0 Å². The summed E-state index contributed by atoms with van der Waals surface area (Å²) in [4.78, 5) is 2.36. The van der Waals surface area contributed by atoms with E-state index >= 15 is 0 Å². The molecule has 0 fully saturated rings. The Morgan fingerprint density at radius 1 is 0.296 bits per heavy atom. The third-order valence-corrected chi connectivity index (χ3v) is 11.1. The largest absolute Gasteiger partial charge is 0.456 e. The molecule has 11 aromatic rings. The molecule has 0 N–H and O–H groups in total. The fourth-order valence-corrected chi connectivity index (χ4v) is 8.47. The van der Waals surface area contributed by atoms with Crippen LogP contribution in [-0.2, 0) is 0 Å². The van der Waals surface area contributed by atoms with E-state index in [1.54, 1.807) is 0 Å². The van der Waals surface area contributed by atoms with Crippen molar-refractivity contribution in [3.05, 3.63) is 200 Å². The summed E-state index contributed by atoms with van der Waals surface area (Å²) in [6.45, 7) is 0. The predicted molar refractivity (Wildman–Crippen MR) is 229 cm³/mol. The average molecular weight is 688 g/mol. The van der Waals surface area contributed by atoms with Crippen LogP contribution in [0.25, 0.3) is 87.3 Å². The van der Waals surface area contributed by atoms with Crippen LogP contribution in [0.1, 0.15) is 0 Å². The Bertz CT molecular complexity index is 3210. The van der Waals surface area contributed by atoms with Gasteiger partial charge >= 0.3 is 0 Å². The van der Waals surface area contributed by atoms with Crippen molar-refractivity contribution in [3.63, 3.8) is 0 Å². The molecule has 2 heteroatoms. The lowest BCUT2D eigenvalue weighted by molar-refractivity contribution is 0.669. The minimum Gasteiger partial charge on any atom is -0.456 e. The lowest BCUT2D eigenvalue weighted by Crippen LogP contribution is -2.09. The normalized spacial score (nSPS) is 11.7. The van der Waals surface area contributed by atoms with E-state index in [0.717, 1.165) is 44.6 Å². The molecular weight excluding hydrogens is 655 g/mol. The number of fused-ring (bicyclic) bond motifs is 9. The molecule has 0 saturated carbocycles.